The van der Waals surface area contributed by atoms with Crippen LogP contribution in [0.4, 0.5) is 0 Å². The Hall–Kier alpha value is -2.14. The molecule has 0 unspecified atom stereocenters. The molecule has 0 aliphatic carbocycles. The maximum Gasteiger partial charge on any atom is 0.247 e. The number of carbonyl (C=O) groups excluding carboxylic acids is 1. The van der Waals surface area contributed by atoms with Gasteiger partial charge in [-0.25, -0.2) is 0 Å². The zero-order chi connectivity index (χ0) is 18.4. The Kier molecular flexibility index (Phi) is 6.45. The van der Waals surface area contributed by atoms with Gasteiger partial charge in [-0.15, -0.1) is 0 Å². The maximum atomic E-state index is 12.8. The van der Waals surface area contributed by atoms with E-state index < -0.39 is 0 Å². The Balaban J connectivity index is 1.80. The van der Waals surface area contributed by atoms with Gasteiger partial charge >= 0.3 is 0 Å². The Morgan fingerprint density at radius 3 is 2.69 bits per heavy atom. The van der Waals surface area contributed by atoms with E-state index in [1.807, 2.05) is 47.2 Å². The van der Waals surface area contributed by atoms with Crippen molar-refractivity contribution in [3.05, 3.63) is 92.4 Å². The third-order valence-electron chi connectivity index (χ3n) is 3.71. The summed E-state index contributed by atoms with van der Waals surface area (Å²) < 4.78 is 0. The minimum Gasteiger partial charge on any atom is -0.329 e. The fourth-order valence-corrected chi connectivity index (χ4v) is 3.35. The summed E-state index contributed by atoms with van der Waals surface area (Å²) in [5.41, 5.74) is 2.74. The number of rotatable bonds is 6. The predicted molar refractivity (Wildman–Crippen MR) is 108 cm³/mol. The van der Waals surface area contributed by atoms with E-state index in [0.29, 0.717) is 23.1 Å². The molecule has 132 valence electrons. The molecular weight excluding hydrogens is 387 g/mol. The Morgan fingerprint density at radius 1 is 1.12 bits per heavy atom. The Morgan fingerprint density at radius 2 is 2.00 bits per heavy atom. The molecule has 6 heteroatoms. The summed E-state index contributed by atoms with van der Waals surface area (Å²) in [6, 6.07) is 13.0. The predicted octanol–water partition coefficient (Wildman–Crippen LogP) is 5.69. The molecule has 0 radical (unpaired) electrons. The average molecular weight is 403 g/mol. The summed E-state index contributed by atoms with van der Waals surface area (Å²) in [5.74, 6) is -0.0899. The van der Waals surface area contributed by atoms with Crippen LogP contribution in [0.25, 0.3) is 6.08 Å². The zero-order valence-corrected chi connectivity index (χ0v) is 16.1. The minimum absolute atomic E-state index is 0.0899. The van der Waals surface area contributed by atoms with Gasteiger partial charge in [-0.05, 0) is 58.3 Å². The van der Waals surface area contributed by atoms with Crippen molar-refractivity contribution in [1.82, 2.24) is 9.88 Å². The number of aromatic nitrogens is 1. The molecular formula is C20H16Cl2N2OS. The van der Waals surface area contributed by atoms with Gasteiger partial charge in [-0.2, -0.15) is 11.3 Å². The summed E-state index contributed by atoms with van der Waals surface area (Å²) in [6.07, 6.45) is 5.12. The molecule has 0 spiro atoms. The molecule has 0 N–H and O–H groups in total. The van der Waals surface area contributed by atoms with Crippen LogP contribution in [-0.4, -0.2) is 15.8 Å². The van der Waals surface area contributed by atoms with Crippen LogP contribution in [0.15, 0.2) is 65.5 Å². The topological polar surface area (TPSA) is 33.2 Å². The van der Waals surface area contributed by atoms with Gasteiger partial charge in [0, 0.05) is 18.8 Å². The first kappa shape index (κ1) is 18.6. The van der Waals surface area contributed by atoms with Crippen molar-refractivity contribution in [3.63, 3.8) is 0 Å². The van der Waals surface area contributed by atoms with Gasteiger partial charge in [-0.1, -0.05) is 35.3 Å². The van der Waals surface area contributed by atoms with E-state index >= 15 is 0 Å². The van der Waals surface area contributed by atoms with E-state index in [1.54, 1.807) is 40.6 Å². The van der Waals surface area contributed by atoms with Crippen molar-refractivity contribution in [1.29, 1.82) is 0 Å². The molecule has 0 aliphatic rings. The fraction of sp³-hybridized carbons (Fsp3) is 0.100. The van der Waals surface area contributed by atoms with Crippen LogP contribution >= 0.6 is 34.5 Å². The lowest BCUT2D eigenvalue weighted by Crippen LogP contribution is -2.28. The second-order valence-electron chi connectivity index (χ2n) is 5.65. The van der Waals surface area contributed by atoms with Crippen molar-refractivity contribution in [2.75, 3.05) is 0 Å². The van der Waals surface area contributed by atoms with Gasteiger partial charge in [0.2, 0.25) is 5.91 Å². The van der Waals surface area contributed by atoms with Crippen LogP contribution in [0.2, 0.25) is 10.0 Å². The number of pyridine rings is 1. The van der Waals surface area contributed by atoms with Gasteiger partial charge < -0.3 is 4.90 Å². The summed E-state index contributed by atoms with van der Waals surface area (Å²) in [6.45, 7) is 0.828. The van der Waals surface area contributed by atoms with Crippen LogP contribution < -0.4 is 0 Å². The molecule has 3 nitrogen and oxygen atoms in total. The standard InChI is InChI=1S/C20H16Cl2N2OS/c21-18-6-4-16(11-19(18)22)12-24(13-17-3-1-2-9-23-17)20(25)7-5-15-8-10-26-14-15/h1-11,14H,12-13H2/b7-5+. The van der Waals surface area contributed by atoms with E-state index in [0.717, 1.165) is 16.8 Å². The number of benzene rings is 1. The second-order valence-corrected chi connectivity index (χ2v) is 7.25. The summed E-state index contributed by atoms with van der Waals surface area (Å²) >= 11 is 13.7. The van der Waals surface area contributed by atoms with Crippen LogP contribution in [0.3, 0.4) is 0 Å². The number of nitrogens with zero attached hydrogens (tertiary/aromatic N) is 2. The normalized spacial score (nSPS) is 11.0. The van der Waals surface area contributed by atoms with E-state index in [-0.39, 0.29) is 5.91 Å². The molecule has 3 aromatic rings. The maximum absolute atomic E-state index is 12.8. The van der Waals surface area contributed by atoms with E-state index in [9.17, 15) is 4.79 Å². The first-order chi connectivity index (χ1) is 12.6. The molecule has 0 saturated carbocycles. The summed E-state index contributed by atoms with van der Waals surface area (Å²) in [4.78, 5) is 18.8. The molecule has 0 bridgehead atoms. The van der Waals surface area contributed by atoms with Gasteiger partial charge in [-0.3, -0.25) is 9.78 Å². The zero-order valence-electron chi connectivity index (χ0n) is 13.8. The fourth-order valence-electron chi connectivity index (χ4n) is 2.40. The number of amides is 1. The quantitative estimate of drug-likeness (QED) is 0.495. The lowest BCUT2D eigenvalue weighted by atomic mass is 10.2. The van der Waals surface area contributed by atoms with Crippen LogP contribution in [0, 0.1) is 0 Å². The van der Waals surface area contributed by atoms with Gasteiger partial charge in [0.25, 0.3) is 0 Å². The summed E-state index contributed by atoms with van der Waals surface area (Å²) in [7, 11) is 0. The van der Waals surface area contributed by atoms with Crippen molar-refractivity contribution in [2.24, 2.45) is 0 Å². The molecule has 1 amide bonds. The van der Waals surface area contributed by atoms with Crippen LogP contribution in [-0.2, 0) is 17.9 Å². The van der Waals surface area contributed by atoms with E-state index in [1.165, 1.54) is 0 Å². The number of halogens is 2. The molecule has 0 atom stereocenters. The highest BCUT2D eigenvalue weighted by atomic mass is 35.5. The molecule has 2 aromatic heterocycles. The van der Waals surface area contributed by atoms with E-state index in [2.05, 4.69) is 4.98 Å². The SMILES string of the molecule is O=C(/C=C/c1ccsc1)N(Cc1ccc(Cl)c(Cl)c1)Cc1ccccn1. The Bertz CT molecular complexity index is 895. The molecule has 26 heavy (non-hydrogen) atoms. The van der Waals surface area contributed by atoms with Crippen LogP contribution in [0.5, 0.6) is 0 Å². The number of hydrogen-bond acceptors (Lipinski definition) is 3. The van der Waals surface area contributed by atoms with Gasteiger partial charge in [0.15, 0.2) is 0 Å². The highest BCUT2D eigenvalue weighted by Gasteiger charge is 2.14. The molecule has 1 aromatic carbocycles. The van der Waals surface area contributed by atoms with Crippen LogP contribution in [0.1, 0.15) is 16.8 Å². The smallest absolute Gasteiger partial charge is 0.247 e. The highest BCUT2D eigenvalue weighted by Crippen LogP contribution is 2.23. The number of carbonyl (C=O) groups is 1. The van der Waals surface area contributed by atoms with E-state index in [4.69, 9.17) is 23.2 Å². The van der Waals surface area contributed by atoms with Crippen molar-refractivity contribution in [2.45, 2.75) is 13.1 Å². The average Bonchev–Trinajstić information content (AvgIpc) is 3.17. The molecule has 0 aliphatic heterocycles. The number of thiophene rings is 1. The lowest BCUT2D eigenvalue weighted by molar-refractivity contribution is -0.127. The first-order valence-electron chi connectivity index (χ1n) is 7.95. The highest BCUT2D eigenvalue weighted by molar-refractivity contribution is 7.08. The molecule has 0 fully saturated rings. The minimum atomic E-state index is -0.0899. The second kappa shape index (κ2) is 8.99. The molecule has 0 saturated heterocycles. The third-order valence-corrected chi connectivity index (χ3v) is 5.15. The first-order valence-corrected chi connectivity index (χ1v) is 9.65. The molecule has 3 rings (SSSR count). The largest absolute Gasteiger partial charge is 0.329 e. The Labute approximate surface area is 166 Å². The van der Waals surface area contributed by atoms with Gasteiger partial charge in [0.1, 0.15) is 0 Å². The monoisotopic (exact) mass is 402 g/mol. The van der Waals surface area contributed by atoms with Crippen molar-refractivity contribution in [3.8, 4) is 0 Å². The molecule has 2 heterocycles. The lowest BCUT2D eigenvalue weighted by Gasteiger charge is -2.21. The van der Waals surface area contributed by atoms with Crippen molar-refractivity contribution >= 4 is 46.5 Å². The third kappa shape index (κ3) is 5.18. The van der Waals surface area contributed by atoms with Crippen molar-refractivity contribution < 1.29 is 4.79 Å². The summed E-state index contributed by atoms with van der Waals surface area (Å²) in [5, 5.41) is 4.94. The van der Waals surface area contributed by atoms with Gasteiger partial charge in [0.05, 0.1) is 22.3 Å². The number of hydrogen-bond donors (Lipinski definition) is 0.